The van der Waals surface area contributed by atoms with Crippen LogP contribution < -0.4 is 5.32 Å². The molecule has 2 heterocycles. The van der Waals surface area contributed by atoms with Crippen molar-refractivity contribution in [3.63, 3.8) is 0 Å². The van der Waals surface area contributed by atoms with Crippen molar-refractivity contribution >= 4 is 11.7 Å². The van der Waals surface area contributed by atoms with E-state index in [1.54, 1.807) is 17.0 Å². The highest BCUT2D eigenvalue weighted by Gasteiger charge is 2.34. The zero-order chi connectivity index (χ0) is 18.8. The summed E-state index contributed by atoms with van der Waals surface area (Å²) in [5, 5.41) is 6.82. The second kappa shape index (κ2) is 7.19. The topological polar surface area (TPSA) is 71.3 Å². The summed E-state index contributed by atoms with van der Waals surface area (Å²) in [4.78, 5) is 18.8. The summed E-state index contributed by atoms with van der Waals surface area (Å²) in [7, 11) is 0. The van der Waals surface area contributed by atoms with Crippen LogP contribution >= 0.6 is 0 Å². The predicted octanol–water partition coefficient (Wildman–Crippen LogP) is 4.55. The monoisotopic (exact) mass is 366 g/mol. The van der Waals surface area contributed by atoms with Crippen molar-refractivity contribution < 1.29 is 13.7 Å². The van der Waals surface area contributed by atoms with Crippen molar-refractivity contribution in [2.24, 2.45) is 0 Å². The fourth-order valence-electron chi connectivity index (χ4n) is 3.33. The van der Waals surface area contributed by atoms with Crippen molar-refractivity contribution in [1.82, 2.24) is 15.0 Å². The second-order valence-corrected chi connectivity index (χ2v) is 6.56. The zero-order valence-electron chi connectivity index (χ0n) is 14.9. The molecular weight excluding hydrogens is 347 g/mol. The number of hydrogen-bond acceptors (Lipinski definition) is 4. The number of aromatic nitrogens is 2. The van der Waals surface area contributed by atoms with E-state index in [0.29, 0.717) is 23.9 Å². The number of urea groups is 1. The minimum atomic E-state index is -0.398. The molecule has 7 heteroatoms. The summed E-state index contributed by atoms with van der Waals surface area (Å²) in [5.41, 5.74) is 2.37. The van der Waals surface area contributed by atoms with Gasteiger partial charge in [0.1, 0.15) is 11.9 Å². The molecule has 0 radical (unpaired) electrons. The van der Waals surface area contributed by atoms with Crippen molar-refractivity contribution in [1.29, 1.82) is 0 Å². The molecule has 1 aliphatic rings. The van der Waals surface area contributed by atoms with E-state index < -0.39 is 5.82 Å². The third kappa shape index (κ3) is 3.53. The summed E-state index contributed by atoms with van der Waals surface area (Å²) >= 11 is 0. The lowest BCUT2D eigenvalue weighted by molar-refractivity contribution is 0.193. The van der Waals surface area contributed by atoms with Crippen LogP contribution in [0.2, 0.25) is 0 Å². The standard InChI is InChI=1S/C20H19FN4O2/c1-13-6-2-3-9-16(13)18-23-19(27-24-18)17-10-5-11-25(17)20(26)22-15-8-4-7-14(21)12-15/h2-4,6-9,12,17H,5,10-11H2,1H3,(H,22,26)/t17-/m1/s1. The van der Waals surface area contributed by atoms with Crippen LogP contribution in [0, 0.1) is 12.7 Å². The van der Waals surface area contributed by atoms with Crippen LogP contribution in [0.4, 0.5) is 14.9 Å². The molecular formula is C20H19FN4O2. The summed E-state index contributed by atoms with van der Waals surface area (Å²) in [6.45, 7) is 2.56. The molecule has 2 amide bonds. The molecule has 0 bridgehead atoms. The highest BCUT2D eigenvalue weighted by Crippen LogP contribution is 2.33. The number of nitrogens with zero attached hydrogens (tertiary/aromatic N) is 3. The van der Waals surface area contributed by atoms with Crippen LogP contribution in [0.15, 0.2) is 53.1 Å². The number of amides is 2. The first-order valence-corrected chi connectivity index (χ1v) is 8.84. The van der Waals surface area contributed by atoms with Crippen LogP contribution in [0.5, 0.6) is 0 Å². The Balaban J connectivity index is 1.53. The van der Waals surface area contributed by atoms with E-state index in [1.165, 1.54) is 12.1 Å². The third-order valence-electron chi connectivity index (χ3n) is 4.70. The van der Waals surface area contributed by atoms with Crippen LogP contribution in [-0.4, -0.2) is 27.6 Å². The normalized spacial score (nSPS) is 16.5. The Morgan fingerprint density at radius 3 is 2.93 bits per heavy atom. The molecule has 0 spiro atoms. The van der Waals surface area contributed by atoms with E-state index in [-0.39, 0.29) is 12.1 Å². The van der Waals surface area contributed by atoms with E-state index in [4.69, 9.17) is 4.52 Å². The van der Waals surface area contributed by atoms with E-state index in [1.807, 2.05) is 31.2 Å². The minimum Gasteiger partial charge on any atom is -0.337 e. The summed E-state index contributed by atoms with van der Waals surface area (Å²) in [6, 6.07) is 13.0. The van der Waals surface area contributed by atoms with Gasteiger partial charge in [0.15, 0.2) is 0 Å². The average molecular weight is 366 g/mol. The largest absolute Gasteiger partial charge is 0.337 e. The number of rotatable bonds is 3. The quantitative estimate of drug-likeness (QED) is 0.738. The first-order valence-electron chi connectivity index (χ1n) is 8.84. The van der Waals surface area contributed by atoms with Crippen molar-refractivity contribution in [2.75, 3.05) is 11.9 Å². The smallest absolute Gasteiger partial charge is 0.322 e. The number of aryl methyl sites for hydroxylation is 1. The Morgan fingerprint density at radius 2 is 2.11 bits per heavy atom. The Morgan fingerprint density at radius 1 is 1.26 bits per heavy atom. The molecule has 138 valence electrons. The van der Waals surface area contributed by atoms with Gasteiger partial charge in [-0.2, -0.15) is 4.98 Å². The highest BCUT2D eigenvalue weighted by molar-refractivity contribution is 5.89. The molecule has 1 saturated heterocycles. The SMILES string of the molecule is Cc1ccccc1-c1noc([C@H]2CCCN2C(=O)Nc2cccc(F)c2)n1. The van der Waals surface area contributed by atoms with Crippen molar-refractivity contribution in [3.8, 4) is 11.4 Å². The molecule has 2 aromatic carbocycles. The van der Waals surface area contributed by atoms with Gasteiger partial charge >= 0.3 is 6.03 Å². The van der Waals surface area contributed by atoms with Gasteiger partial charge in [-0.15, -0.1) is 0 Å². The van der Waals surface area contributed by atoms with Crippen LogP contribution in [0.3, 0.4) is 0 Å². The number of carbonyl (C=O) groups is 1. The molecule has 0 saturated carbocycles. The van der Waals surface area contributed by atoms with Gasteiger partial charge in [-0.25, -0.2) is 9.18 Å². The van der Waals surface area contributed by atoms with Gasteiger partial charge in [0.2, 0.25) is 11.7 Å². The van der Waals surface area contributed by atoms with Crippen LogP contribution in [0.25, 0.3) is 11.4 Å². The van der Waals surface area contributed by atoms with Gasteiger partial charge in [0.25, 0.3) is 0 Å². The Kier molecular flexibility index (Phi) is 4.58. The predicted molar refractivity (Wildman–Crippen MR) is 98.6 cm³/mol. The number of nitrogens with one attached hydrogen (secondary N) is 1. The minimum absolute atomic E-state index is 0.288. The zero-order valence-corrected chi connectivity index (χ0v) is 14.9. The molecule has 3 aromatic rings. The molecule has 4 rings (SSSR count). The van der Waals surface area contributed by atoms with Crippen molar-refractivity contribution in [3.05, 3.63) is 65.8 Å². The maximum Gasteiger partial charge on any atom is 0.322 e. The lowest BCUT2D eigenvalue weighted by Crippen LogP contribution is -2.34. The maximum absolute atomic E-state index is 13.3. The fourth-order valence-corrected chi connectivity index (χ4v) is 3.33. The molecule has 27 heavy (non-hydrogen) atoms. The number of anilines is 1. The van der Waals surface area contributed by atoms with Gasteiger partial charge in [0.05, 0.1) is 0 Å². The van der Waals surface area contributed by atoms with Gasteiger partial charge in [-0.1, -0.05) is 35.5 Å². The average Bonchev–Trinajstić information content (AvgIpc) is 3.31. The lowest BCUT2D eigenvalue weighted by Gasteiger charge is -2.22. The maximum atomic E-state index is 13.3. The van der Waals surface area contributed by atoms with E-state index in [0.717, 1.165) is 24.0 Å². The van der Waals surface area contributed by atoms with E-state index >= 15 is 0 Å². The number of carbonyl (C=O) groups excluding carboxylic acids is 1. The first-order chi connectivity index (χ1) is 13.1. The second-order valence-electron chi connectivity index (χ2n) is 6.56. The van der Waals surface area contributed by atoms with E-state index in [9.17, 15) is 9.18 Å². The molecule has 1 N–H and O–H groups in total. The first kappa shape index (κ1) is 17.2. The third-order valence-corrected chi connectivity index (χ3v) is 4.70. The van der Waals surface area contributed by atoms with Gasteiger partial charge in [-0.3, -0.25) is 0 Å². The van der Waals surface area contributed by atoms with Gasteiger partial charge in [0, 0.05) is 17.8 Å². The molecule has 0 aliphatic carbocycles. The molecule has 1 aliphatic heterocycles. The summed E-state index contributed by atoms with van der Waals surface area (Å²) < 4.78 is 18.8. The van der Waals surface area contributed by atoms with Gasteiger partial charge < -0.3 is 14.7 Å². The summed E-state index contributed by atoms with van der Waals surface area (Å²) in [6.07, 6.45) is 1.58. The number of benzene rings is 2. The molecule has 1 fully saturated rings. The number of halogens is 1. The number of hydrogen-bond donors (Lipinski definition) is 1. The number of likely N-dealkylation sites (tertiary alicyclic amines) is 1. The fraction of sp³-hybridized carbons (Fsp3) is 0.250. The summed E-state index contributed by atoms with van der Waals surface area (Å²) in [5.74, 6) is 0.533. The Bertz CT molecular complexity index is 972. The Hall–Kier alpha value is -3.22. The van der Waals surface area contributed by atoms with Crippen molar-refractivity contribution in [2.45, 2.75) is 25.8 Å². The molecule has 0 unspecified atom stereocenters. The molecule has 6 nitrogen and oxygen atoms in total. The molecule has 1 atom stereocenters. The van der Waals surface area contributed by atoms with Gasteiger partial charge in [-0.05, 0) is 43.5 Å². The Labute approximate surface area is 156 Å². The lowest BCUT2D eigenvalue weighted by atomic mass is 10.1. The van der Waals surface area contributed by atoms with Crippen LogP contribution in [-0.2, 0) is 0 Å². The molecule has 1 aromatic heterocycles. The van der Waals surface area contributed by atoms with Crippen LogP contribution in [0.1, 0.15) is 30.3 Å². The van der Waals surface area contributed by atoms with E-state index in [2.05, 4.69) is 15.5 Å². The highest BCUT2D eigenvalue weighted by atomic mass is 19.1.